The minimum absolute atomic E-state index is 0.382. The van der Waals surface area contributed by atoms with Crippen molar-refractivity contribution in [3.05, 3.63) is 253 Å². The fourth-order valence-corrected chi connectivity index (χ4v) is 9.53. The second kappa shape index (κ2) is 18.7. The van der Waals surface area contributed by atoms with Gasteiger partial charge in [0.05, 0.1) is 69.3 Å². The Hall–Kier alpha value is -10.6. The van der Waals surface area contributed by atoms with Crippen LogP contribution in [0, 0.1) is 29.2 Å². The molecule has 0 radical (unpaired) electrons. The van der Waals surface area contributed by atoms with Crippen LogP contribution in [0.3, 0.4) is 0 Å². The van der Waals surface area contributed by atoms with Gasteiger partial charge in [-0.2, -0.15) is 10.5 Å². The van der Waals surface area contributed by atoms with Crippen LogP contribution in [0.4, 0.5) is 5.69 Å². The van der Waals surface area contributed by atoms with E-state index >= 15 is 0 Å². The van der Waals surface area contributed by atoms with Crippen LogP contribution in [0.1, 0.15) is 11.1 Å². The van der Waals surface area contributed by atoms with E-state index in [1.807, 2.05) is 194 Å². The Morgan fingerprint density at radius 3 is 1.07 bits per heavy atom. The summed E-state index contributed by atoms with van der Waals surface area (Å²) in [7, 11) is 0. The maximum Gasteiger partial charge on any atom is 0.187 e. The number of nitriles is 2. The summed E-state index contributed by atoms with van der Waals surface area (Å²) in [5.74, 6) is 0.827. The topological polar surface area (TPSA) is 108 Å². The molecule has 0 saturated heterocycles. The van der Waals surface area contributed by atoms with Crippen molar-refractivity contribution >= 4 is 27.5 Å². The highest BCUT2D eigenvalue weighted by molar-refractivity contribution is 6.13. The largest absolute Gasteiger partial charge is 0.308 e. The predicted molar refractivity (Wildman–Crippen MR) is 291 cm³/mol. The lowest BCUT2D eigenvalue weighted by Crippen LogP contribution is -2.06. The number of nitrogens with zero attached hydrogens (tertiary/aromatic N) is 8. The van der Waals surface area contributed by atoms with E-state index in [4.69, 9.17) is 26.5 Å². The quantitative estimate of drug-likeness (QED) is 0.133. The molecule has 0 spiro atoms. The van der Waals surface area contributed by atoms with Crippen LogP contribution < -0.4 is 0 Å². The van der Waals surface area contributed by atoms with Gasteiger partial charge in [-0.05, 0) is 82.9 Å². The number of hydrogen-bond acceptors (Lipinski definition) is 6. The number of rotatable bonds is 9. The lowest BCUT2D eigenvalue weighted by molar-refractivity contribution is 1.12. The third-order valence-electron chi connectivity index (χ3n) is 13.1. The molecule has 9 aromatic carbocycles. The van der Waals surface area contributed by atoms with Gasteiger partial charge in [0.2, 0.25) is 0 Å². The Labute approximate surface area is 421 Å². The zero-order chi connectivity index (χ0) is 49.3. The molecule has 338 valence electrons. The van der Waals surface area contributed by atoms with Gasteiger partial charge >= 0.3 is 0 Å². The molecular formula is C65H38N8. The average Bonchev–Trinajstić information content (AvgIpc) is 3.80. The number of hydrogen-bond donors (Lipinski definition) is 0. The van der Waals surface area contributed by atoms with Gasteiger partial charge in [0.25, 0.3) is 0 Å². The second-order valence-electron chi connectivity index (χ2n) is 17.6. The Kier molecular flexibility index (Phi) is 11.2. The van der Waals surface area contributed by atoms with Gasteiger partial charge in [0.1, 0.15) is 0 Å². The lowest BCUT2D eigenvalue weighted by atomic mass is 9.99. The van der Waals surface area contributed by atoms with Gasteiger partial charge in [-0.15, -0.1) is 0 Å². The number of fused-ring (bicyclic) bond motifs is 3. The predicted octanol–water partition coefficient (Wildman–Crippen LogP) is 16.0. The molecular weight excluding hydrogens is 893 g/mol. The van der Waals surface area contributed by atoms with Crippen LogP contribution in [0.2, 0.25) is 0 Å². The van der Waals surface area contributed by atoms with Crippen molar-refractivity contribution in [1.29, 1.82) is 10.5 Å². The van der Waals surface area contributed by atoms with Gasteiger partial charge in [0, 0.05) is 44.2 Å². The van der Waals surface area contributed by atoms with Gasteiger partial charge in [-0.25, -0.2) is 24.8 Å². The van der Waals surface area contributed by atoms with Crippen LogP contribution in [0.25, 0.3) is 122 Å². The molecule has 0 N–H and O–H groups in total. The zero-order valence-electron chi connectivity index (χ0n) is 39.0. The van der Waals surface area contributed by atoms with Gasteiger partial charge < -0.3 is 4.57 Å². The van der Waals surface area contributed by atoms with E-state index in [9.17, 15) is 10.5 Å². The molecule has 73 heavy (non-hydrogen) atoms. The van der Waals surface area contributed by atoms with Crippen molar-refractivity contribution in [2.24, 2.45) is 0 Å². The molecule has 12 aromatic rings. The molecule has 8 heteroatoms. The van der Waals surface area contributed by atoms with Crippen molar-refractivity contribution in [3.63, 3.8) is 0 Å². The first-order chi connectivity index (χ1) is 36.0. The number of aromatic nitrogens is 5. The fraction of sp³-hybridized carbons (Fsp3) is 0. The van der Waals surface area contributed by atoms with E-state index in [1.54, 1.807) is 0 Å². The summed E-state index contributed by atoms with van der Waals surface area (Å²) in [4.78, 5) is 25.2. The smallest absolute Gasteiger partial charge is 0.187 e. The maximum atomic E-state index is 11.0. The van der Waals surface area contributed by atoms with Crippen molar-refractivity contribution in [1.82, 2.24) is 24.5 Å². The monoisotopic (exact) mass is 930 g/mol. The summed E-state index contributed by atoms with van der Waals surface area (Å²) in [5.41, 5.74) is 15.6. The second-order valence-corrected chi connectivity index (χ2v) is 17.6. The fourth-order valence-electron chi connectivity index (χ4n) is 9.53. The molecule has 0 atom stereocenters. The van der Waals surface area contributed by atoms with Crippen molar-refractivity contribution in [3.8, 4) is 108 Å². The molecule has 0 aliphatic rings. The van der Waals surface area contributed by atoms with E-state index < -0.39 is 0 Å². The van der Waals surface area contributed by atoms with Gasteiger partial charge in [-0.1, -0.05) is 170 Å². The Balaban J connectivity index is 1.22. The minimum atomic E-state index is 0.382. The van der Waals surface area contributed by atoms with Gasteiger partial charge in [-0.3, -0.25) is 0 Å². The summed E-state index contributed by atoms with van der Waals surface area (Å²) in [5, 5.41) is 22.6. The van der Waals surface area contributed by atoms with Crippen molar-refractivity contribution in [2.75, 3.05) is 0 Å². The number of benzene rings is 9. The Morgan fingerprint density at radius 2 is 0.712 bits per heavy atom. The minimum Gasteiger partial charge on any atom is -0.308 e. The van der Waals surface area contributed by atoms with Crippen LogP contribution in [0.5, 0.6) is 0 Å². The van der Waals surface area contributed by atoms with E-state index in [0.717, 1.165) is 89.1 Å². The summed E-state index contributed by atoms with van der Waals surface area (Å²) >= 11 is 0. The highest BCUT2D eigenvalue weighted by atomic mass is 15.0. The maximum absolute atomic E-state index is 11.0. The normalized spacial score (nSPS) is 11.0. The Morgan fingerprint density at radius 1 is 0.356 bits per heavy atom. The van der Waals surface area contributed by atoms with E-state index in [0.29, 0.717) is 45.3 Å². The SMILES string of the molecule is [C-]#[N+]c1ccc(-c2ccc3c(c2)c2cc(-c4ccc(C#N)cc4)ccc2n3-c2c(-c3nc(-c4ccccc4)cc(-c4ccccc4)n3)cc(C#N)cc2-c2nc(-c3ccccc3)cc(-c3ccccc3)n2)cc1. The molecule has 0 aliphatic carbocycles. The highest BCUT2D eigenvalue weighted by Crippen LogP contribution is 2.44. The molecule has 0 unspecified atom stereocenters. The molecule has 0 saturated carbocycles. The summed E-state index contributed by atoms with van der Waals surface area (Å²) in [6.45, 7) is 7.59. The molecule has 3 aromatic heterocycles. The molecule has 12 rings (SSSR count). The first-order valence-corrected chi connectivity index (χ1v) is 23.7. The third-order valence-corrected chi connectivity index (χ3v) is 13.1. The molecule has 0 amide bonds. The Bertz CT molecular complexity index is 3810. The van der Waals surface area contributed by atoms with Crippen LogP contribution in [-0.2, 0) is 0 Å². The third kappa shape index (κ3) is 8.32. The van der Waals surface area contributed by atoms with Gasteiger partial charge in [0.15, 0.2) is 17.3 Å². The molecule has 0 aliphatic heterocycles. The molecule has 0 bridgehead atoms. The van der Waals surface area contributed by atoms with Crippen LogP contribution in [-0.4, -0.2) is 24.5 Å². The van der Waals surface area contributed by atoms with Crippen LogP contribution in [0.15, 0.2) is 231 Å². The molecule has 3 heterocycles. The molecule has 8 nitrogen and oxygen atoms in total. The van der Waals surface area contributed by atoms with Crippen LogP contribution >= 0.6 is 0 Å². The molecule has 0 fully saturated rings. The van der Waals surface area contributed by atoms with E-state index in [-0.39, 0.29) is 0 Å². The standard InChI is InChI=1S/C65H38N8/c1-68-52-30-26-45(27-31-52)51-29-33-62-54(37-51)53-36-50(44-24-22-42(40-66)23-25-44)28-32-61(53)73(62)63-55(64-69-57(46-14-6-2-7-15-46)38-58(70-64)47-16-8-3-9-17-47)34-43(41-67)35-56(63)65-71-59(48-18-10-4-11-19-48)39-60(72-65)49-20-12-5-13-21-49/h2-39H. The average molecular weight is 931 g/mol. The summed E-state index contributed by atoms with van der Waals surface area (Å²) < 4.78 is 2.24. The van der Waals surface area contributed by atoms with Crippen molar-refractivity contribution < 1.29 is 0 Å². The van der Waals surface area contributed by atoms with Crippen molar-refractivity contribution in [2.45, 2.75) is 0 Å². The first kappa shape index (κ1) is 43.7. The summed E-state index contributed by atoms with van der Waals surface area (Å²) in [6, 6.07) is 80.9. The summed E-state index contributed by atoms with van der Waals surface area (Å²) in [6.07, 6.45) is 0. The van der Waals surface area contributed by atoms with E-state index in [1.165, 1.54) is 0 Å². The highest BCUT2D eigenvalue weighted by Gasteiger charge is 2.26. The van der Waals surface area contributed by atoms with E-state index in [2.05, 4.69) is 57.9 Å². The first-order valence-electron chi connectivity index (χ1n) is 23.7. The zero-order valence-corrected chi connectivity index (χ0v) is 39.0. The lowest BCUT2D eigenvalue weighted by Gasteiger charge is -2.20.